The van der Waals surface area contributed by atoms with Crippen molar-refractivity contribution in [1.29, 1.82) is 0 Å². The average Bonchev–Trinajstić information content (AvgIpc) is 3.09. The van der Waals surface area contributed by atoms with Crippen LogP contribution in [0.5, 0.6) is 0 Å². The third-order valence-electron chi connectivity index (χ3n) is 7.59. The van der Waals surface area contributed by atoms with Gasteiger partial charge in [-0.2, -0.15) is 0 Å². The van der Waals surface area contributed by atoms with Gasteiger partial charge in [0.2, 0.25) is 0 Å². The molecule has 0 aliphatic carbocycles. The molecule has 0 spiro atoms. The molecular formula is C38H67O10P. The molecule has 0 heterocycles. The van der Waals surface area contributed by atoms with Crippen LogP contribution in [0.15, 0.2) is 48.6 Å². The molecule has 0 aliphatic heterocycles. The molecule has 1 unspecified atom stereocenters. The first-order valence-electron chi connectivity index (χ1n) is 18.6. The van der Waals surface area contributed by atoms with Gasteiger partial charge >= 0.3 is 19.8 Å². The summed E-state index contributed by atoms with van der Waals surface area (Å²) < 4.78 is 32.5. The first-order valence-corrected chi connectivity index (χ1v) is 20.1. The highest BCUT2D eigenvalue weighted by Gasteiger charge is 2.27. The van der Waals surface area contributed by atoms with Crippen LogP contribution in [0.1, 0.15) is 142 Å². The monoisotopic (exact) mass is 714 g/mol. The summed E-state index contributed by atoms with van der Waals surface area (Å²) in [6.45, 7) is 2.18. The van der Waals surface area contributed by atoms with Crippen molar-refractivity contribution < 1.29 is 47.8 Å². The van der Waals surface area contributed by atoms with Crippen molar-refractivity contribution in [2.45, 2.75) is 154 Å². The average molecular weight is 715 g/mol. The molecule has 0 aromatic carbocycles. The molecule has 0 aromatic rings. The molecule has 0 amide bonds. The summed E-state index contributed by atoms with van der Waals surface area (Å²) in [6, 6.07) is 0. The van der Waals surface area contributed by atoms with E-state index in [1.165, 1.54) is 44.9 Å². The van der Waals surface area contributed by atoms with E-state index >= 15 is 0 Å². The van der Waals surface area contributed by atoms with Gasteiger partial charge in [-0.05, 0) is 32.1 Å². The Labute approximate surface area is 296 Å². The molecule has 0 bridgehead atoms. The number of carbonyl (C=O) groups is 2. The second kappa shape index (κ2) is 34.4. The van der Waals surface area contributed by atoms with E-state index < -0.39 is 51.8 Å². The predicted molar refractivity (Wildman–Crippen MR) is 196 cm³/mol. The third kappa shape index (κ3) is 34.2. The molecular weight excluding hydrogens is 647 g/mol. The van der Waals surface area contributed by atoms with Crippen LogP contribution in [0, 0.1) is 0 Å². The minimum Gasteiger partial charge on any atom is -0.462 e. The topological polar surface area (TPSA) is 149 Å². The fourth-order valence-electron chi connectivity index (χ4n) is 4.71. The van der Waals surface area contributed by atoms with Crippen molar-refractivity contribution in [1.82, 2.24) is 0 Å². The van der Waals surface area contributed by atoms with E-state index in [9.17, 15) is 24.2 Å². The van der Waals surface area contributed by atoms with Gasteiger partial charge in [-0.3, -0.25) is 18.6 Å². The van der Waals surface area contributed by atoms with Gasteiger partial charge in [0.25, 0.3) is 0 Å². The number of aliphatic hydroxyl groups is 2. The Morgan fingerprint density at radius 1 is 0.633 bits per heavy atom. The second-order valence-corrected chi connectivity index (χ2v) is 13.8. The van der Waals surface area contributed by atoms with Crippen LogP contribution in [0.2, 0.25) is 0 Å². The maximum atomic E-state index is 12.5. The number of unbranched alkanes of at least 4 members (excludes halogenated alkanes) is 15. The van der Waals surface area contributed by atoms with Crippen LogP contribution in [0.3, 0.4) is 0 Å². The van der Waals surface area contributed by atoms with E-state index in [1.54, 1.807) is 0 Å². The van der Waals surface area contributed by atoms with Crippen molar-refractivity contribution in [2.75, 3.05) is 26.4 Å². The molecule has 0 aromatic heterocycles. The zero-order valence-corrected chi connectivity index (χ0v) is 31.3. The maximum Gasteiger partial charge on any atom is 0.472 e. The fourth-order valence-corrected chi connectivity index (χ4v) is 5.50. The lowest BCUT2D eigenvalue weighted by molar-refractivity contribution is -0.161. The summed E-state index contributed by atoms with van der Waals surface area (Å²) in [5.41, 5.74) is 0. The highest BCUT2D eigenvalue weighted by Crippen LogP contribution is 2.43. The number of hydrogen-bond acceptors (Lipinski definition) is 9. The molecule has 10 nitrogen and oxygen atoms in total. The quantitative estimate of drug-likeness (QED) is 0.0255. The fraction of sp³-hybridized carbons (Fsp3) is 0.737. The number of aliphatic hydroxyl groups excluding tert-OH is 2. The van der Waals surface area contributed by atoms with E-state index in [0.29, 0.717) is 12.8 Å². The van der Waals surface area contributed by atoms with E-state index in [0.717, 1.165) is 57.8 Å². The van der Waals surface area contributed by atoms with Crippen LogP contribution < -0.4 is 0 Å². The van der Waals surface area contributed by atoms with Crippen LogP contribution in [0.4, 0.5) is 0 Å². The van der Waals surface area contributed by atoms with Gasteiger partial charge < -0.3 is 24.6 Å². The van der Waals surface area contributed by atoms with Crippen LogP contribution >= 0.6 is 7.82 Å². The number of phosphoric acid groups is 1. The van der Waals surface area contributed by atoms with Gasteiger partial charge in [0.1, 0.15) is 12.7 Å². The highest BCUT2D eigenvalue weighted by molar-refractivity contribution is 7.47. The van der Waals surface area contributed by atoms with Crippen molar-refractivity contribution in [2.24, 2.45) is 0 Å². The summed E-state index contributed by atoms with van der Waals surface area (Å²) in [7, 11) is -4.62. The largest absolute Gasteiger partial charge is 0.472 e. The van der Waals surface area contributed by atoms with Crippen molar-refractivity contribution in [3.8, 4) is 0 Å². The van der Waals surface area contributed by atoms with Crippen molar-refractivity contribution >= 4 is 19.8 Å². The van der Waals surface area contributed by atoms with Crippen molar-refractivity contribution in [3.63, 3.8) is 0 Å². The third-order valence-corrected chi connectivity index (χ3v) is 8.54. The number of hydrogen-bond donors (Lipinski definition) is 3. The normalized spacial score (nSPS) is 14.6. The Hall–Kier alpha value is -2.07. The van der Waals surface area contributed by atoms with Crippen LogP contribution in [-0.2, 0) is 32.7 Å². The first kappa shape index (κ1) is 46.9. The Morgan fingerprint density at radius 2 is 1.12 bits per heavy atom. The lowest BCUT2D eigenvalue weighted by Gasteiger charge is -2.20. The lowest BCUT2D eigenvalue weighted by Crippen LogP contribution is -2.29. The smallest absolute Gasteiger partial charge is 0.462 e. The van der Waals surface area contributed by atoms with E-state index in [4.69, 9.17) is 19.1 Å². The zero-order valence-electron chi connectivity index (χ0n) is 30.4. The first-order chi connectivity index (χ1) is 23.7. The van der Waals surface area contributed by atoms with Gasteiger partial charge in [-0.25, -0.2) is 4.57 Å². The van der Waals surface area contributed by atoms with Gasteiger partial charge in [-0.15, -0.1) is 0 Å². The molecule has 3 N–H and O–H groups in total. The Balaban J connectivity index is 4.44. The SMILES string of the molecule is CC/C=C/C=C/C=C/C=C/CCCCCCCC(=O)O[C@H](COC(=O)CCCCCCCCCCCCC)COP(=O)(O)OC[C@@H](O)CO. The molecule has 3 atom stereocenters. The molecule has 0 saturated carbocycles. The number of esters is 2. The number of carbonyl (C=O) groups excluding carboxylic acids is 2. The molecule has 0 radical (unpaired) electrons. The zero-order chi connectivity index (χ0) is 36.3. The van der Waals surface area contributed by atoms with Crippen molar-refractivity contribution in [3.05, 3.63) is 48.6 Å². The molecule has 11 heteroatoms. The van der Waals surface area contributed by atoms with Gasteiger partial charge in [-0.1, -0.05) is 146 Å². The summed E-state index contributed by atoms with van der Waals surface area (Å²) in [5, 5.41) is 18.3. The van der Waals surface area contributed by atoms with E-state index in [2.05, 4.69) is 30.5 Å². The minimum absolute atomic E-state index is 0.158. The maximum absolute atomic E-state index is 12.5. The molecule has 0 saturated heterocycles. The summed E-state index contributed by atoms with van der Waals surface area (Å²) in [6.07, 6.45) is 33.7. The number of ether oxygens (including phenoxy) is 2. The Morgan fingerprint density at radius 3 is 1.69 bits per heavy atom. The summed E-state index contributed by atoms with van der Waals surface area (Å²) in [4.78, 5) is 34.8. The standard InChI is InChI=1S/C38H67O10P/c1-3-5-7-9-11-13-15-16-17-18-20-22-24-26-28-30-38(42)48-36(34-47-49(43,44)46-32-35(40)31-39)33-45-37(41)29-27-25-23-21-19-14-12-10-8-6-4-2/h5,7,9,11,13,15-17,35-36,39-40H,3-4,6,8,10,12,14,18-34H2,1-2H3,(H,43,44)/b7-5+,11-9+,15-13+,17-16+/t35-,36+/m0/s1. The number of rotatable bonds is 34. The molecule has 0 rings (SSSR count). The van der Waals surface area contributed by atoms with Gasteiger partial charge in [0.05, 0.1) is 19.8 Å². The lowest BCUT2D eigenvalue weighted by atomic mass is 10.1. The summed E-state index contributed by atoms with van der Waals surface area (Å²) >= 11 is 0. The van der Waals surface area contributed by atoms with Crippen LogP contribution in [-0.4, -0.2) is 65.7 Å². The van der Waals surface area contributed by atoms with E-state index in [-0.39, 0.29) is 19.4 Å². The predicted octanol–water partition coefficient (Wildman–Crippen LogP) is 8.99. The van der Waals surface area contributed by atoms with Crippen LogP contribution in [0.25, 0.3) is 0 Å². The number of allylic oxidation sites excluding steroid dienone is 8. The Bertz CT molecular complexity index is 962. The van der Waals surface area contributed by atoms with E-state index in [1.807, 2.05) is 36.5 Å². The Kier molecular flexibility index (Phi) is 32.9. The summed E-state index contributed by atoms with van der Waals surface area (Å²) in [5.74, 6) is -0.956. The second-order valence-electron chi connectivity index (χ2n) is 12.3. The minimum atomic E-state index is -4.62. The number of phosphoric ester groups is 1. The molecule has 284 valence electrons. The van der Waals surface area contributed by atoms with Gasteiger partial charge in [0, 0.05) is 12.8 Å². The molecule has 0 fully saturated rings. The molecule has 0 aliphatic rings. The van der Waals surface area contributed by atoms with Gasteiger partial charge in [0.15, 0.2) is 6.10 Å². The molecule has 49 heavy (non-hydrogen) atoms. The highest BCUT2D eigenvalue weighted by atomic mass is 31.2.